The van der Waals surface area contributed by atoms with Gasteiger partial charge in [-0.05, 0) is 86.2 Å². The van der Waals surface area contributed by atoms with E-state index >= 15 is 4.39 Å². The molecular weight excluding hydrogens is 547 g/mol. The minimum atomic E-state index is -0.151. The Morgan fingerprint density at radius 2 is 1.13 bits per heavy atom. The van der Waals surface area contributed by atoms with Gasteiger partial charge in [0.25, 0.3) is 0 Å². The summed E-state index contributed by atoms with van der Waals surface area (Å²) in [5.41, 5.74) is 12.4. The Balaban J connectivity index is 2.05. The lowest BCUT2D eigenvalue weighted by molar-refractivity contribution is 0.590. The fourth-order valence-electron chi connectivity index (χ4n) is 6.85. The number of aryl methyl sites for hydroxylation is 1. The fourth-order valence-corrected chi connectivity index (χ4v) is 6.85. The van der Waals surface area contributed by atoms with E-state index in [4.69, 9.17) is 0 Å². The minimum Gasteiger partial charge on any atom is -0.206 e. The van der Waals surface area contributed by atoms with Gasteiger partial charge in [-0.2, -0.15) is 0 Å². The molecule has 0 radical (unpaired) electrons. The van der Waals surface area contributed by atoms with Crippen molar-refractivity contribution in [1.29, 1.82) is 0 Å². The lowest BCUT2D eigenvalue weighted by Gasteiger charge is -2.27. The van der Waals surface area contributed by atoms with E-state index in [0.29, 0.717) is 17.0 Å². The first-order valence-electron chi connectivity index (χ1n) is 16.7. The van der Waals surface area contributed by atoms with Gasteiger partial charge in [0.15, 0.2) is 0 Å². The summed E-state index contributed by atoms with van der Waals surface area (Å²) < 4.78 is 18.0. The second-order valence-electron chi connectivity index (χ2n) is 14.2. The van der Waals surface area contributed by atoms with Gasteiger partial charge in [0.05, 0.1) is 0 Å². The topological polar surface area (TPSA) is 0 Å². The molecule has 0 nitrogen and oxygen atoms in total. The van der Waals surface area contributed by atoms with Crippen LogP contribution >= 0.6 is 0 Å². The van der Waals surface area contributed by atoms with Crippen molar-refractivity contribution in [3.63, 3.8) is 0 Å². The summed E-state index contributed by atoms with van der Waals surface area (Å²) in [6, 6.07) is 36.4. The van der Waals surface area contributed by atoms with Crippen LogP contribution in [0.4, 0.5) is 4.39 Å². The van der Waals surface area contributed by atoms with Crippen LogP contribution in [-0.2, 0) is 18.3 Å². The summed E-state index contributed by atoms with van der Waals surface area (Å²) >= 11 is 0. The molecule has 0 N–H and O–H groups in total. The predicted octanol–water partition coefficient (Wildman–Crippen LogP) is 13.1. The van der Waals surface area contributed by atoms with Gasteiger partial charge >= 0.3 is 0 Å². The summed E-state index contributed by atoms with van der Waals surface area (Å²) in [6.07, 6.45) is 2.89. The normalized spacial score (nSPS) is 11.9. The van der Waals surface area contributed by atoms with E-state index in [1.165, 1.54) is 22.3 Å². The summed E-state index contributed by atoms with van der Waals surface area (Å²) in [5.74, 6) is 0.575. The average molecular weight is 597 g/mol. The van der Waals surface area contributed by atoms with Crippen LogP contribution in [0.25, 0.3) is 44.5 Å². The van der Waals surface area contributed by atoms with Crippen LogP contribution in [0.1, 0.15) is 90.0 Å². The second-order valence-corrected chi connectivity index (χ2v) is 14.2. The third-order valence-corrected chi connectivity index (χ3v) is 8.88. The zero-order valence-electron chi connectivity index (χ0n) is 28.5. The molecule has 5 aromatic rings. The largest absolute Gasteiger partial charge is 0.206 e. The molecule has 0 atom stereocenters. The first-order valence-corrected chi connectivity index (χ1v) is 16.7. The van der Waals surface area contributed by atoms with E-state index in [-0.39, 0.29) is 17.2 Å². The summed E-state index contributed by atoms with van der Waals surface area (Å²) in [5, 5.41) is 0. The van der Waals surface area contributed by atoms with Gasteiger partial charge in [-0.15, -0.1) is 0 Å². The lowest BCUT2D eigenvalue weighted by Crippen LogP contribution is -2.13. The highest BCUT2D eigenvalue weighted by Crippen LogP contribution is 2.49. The number of halogens is 1. The van der Waals surface area contributed by atoms with Crippen molar-refractivity contribution in [2.45, 2.75) is 86.0 Å². The van der Waals surface area contributed by atoms with Gasteiger partial charge < -0.3 is 0 Å². The molecule has 5 aromatic carbocycles. The highest BCUT2D eigenvalue weighted by Gasteiger charge is 2.28. The van der Waals surface area contributed by atoms with Gasteiger partial charge in [0.2, 0.25) is 0 Å². The Bertz CT molecular complexity index is 1780. The zero-order chi connectivity index (χ0) is 32.3. The van der Waals surface area contributed by atoms with Crippen molar-refractivity contribution in [3.8, 4) is 44.5 Å². The van der Waals surface area contributed by atoms with Crippen molar-refractivity contribution in [2.24, 2.45) is 5.92 Å². The number of rotatable bonds is 9. The summed E-state index contributed by atoms with van der Waals surface area (Å²) in [4.78, 5) is 0. The van der Waals surface area contributed by atoms with E-state index in [1.807, 2.05) is 6.07 Å². The SMILES string of the molecule is CCCc1ccccc1-c1cc(-c2ccccc2C(C)(C)C)c(F)c(-c2ccccc2CC(C)C)c1-c1ccccc1C(C)C. The van der Waals surface area contributed by atoms with E-state index < -0.39 is 0 Å². The summed E-state index contributed by atoms with van der Waals surface area (Å²) in [7, 11) is 0. The highest BCUT2D eigenvalue weighted by atomic mass is 19.1. The maximum Gasteiger partial charge on any atom is 0.139 e. The first kappa shape index (κ1) is 32.4. The lowest BCUT2D eigenvalue weighted by atomic mass is 9.77. The smallest absolute Gasteiger partial charge is 0.139 e. The first-order chi connectivity index (χ1) is 21.5. The molecule has 0 spiro atoms. The van der Waals surface area contributed by atoms with E-state index in [2.05, 4.69) is 152 Å². The predicted molar refractivity (Wildman–Crippen MR) is 193 cm³/mol. The Morgan fingerprint density at radius 1 is 0.578 bits per heavy atom. The average Bonchev–Trinajstić information content (AvgIpc) is 3.01. The monoisotopic (exact) mass is 596 g/mol. The quantitative estimate of drug-likeness (QED) is 0.159. The van der Waals surface area contributed by atoms with Crippen molar-refractivity contribution < 1.29 is 4.39 Å². The van der Waals surface area contributed by atoms with Crippen LogP contribution in [-0.4, -0.2) is 0 Å². The fraction of sp³-hybridized carbons (Fsp3) is 0.318. The number of hydrogen-bond donors (Lipinski definition) is 0. The Morgan fingerprint density at radius 3 is 1.76 bits per heavy atom. The van der Waals surface area contributed by atoms with E-state index in [9.17, 15) is 0 Å². The molecule has 0 bridgehead atoms. The maximum absolute atomic E-state index is 18.0. The molecule has 45 heavy (non-hydrogen) atoms. The molecule has 0 amide bonds. The third-order valence-electron chi connectivity index (χ3n) is 8.88. The third kappa shape index (κ3) is 6.69. The van der Waals surface area contributed by atoms with Crippen molar-refractivity contribution in [3.05, 3.63) is 131 Å². The maximum atomic E-state index is 18.0. The van der Waals surface area contributed by atoms with Crippen LogP contribution in [0.2, 0.25) is 0 Å². The molecule has 0 saturated heterocycles. The van der Waals surface area contributed by atoms with Crippen LogP contribution in [0.5, 0.6) is 0 Å². The minimum absolute atomic E-state index is 0.145. The molecule has 0 saturated carbocycles. The highest BCUT2D eigenvalue weighted by molar-refractivity contribution is 6.00. The van der Waals surface area contributed by atoms with Crippen molar-refractivity contribution in [2.75, 3.05) is 0 Å². The van der Waals surface area contributed by atoms with Crippen LogP contribution in [0.15, 0.2) is 103 Å². The molecule has 0 aliphatic rings. The van der Waals surface area contributed by atoms with E-state index in [0.717, 1.165) is 52.6 Å². The van der Waals surface area contributed by atoms with Gasteiger partial charge in [-0.3, -0.25) is 0 Å². The van der Waals surface area contributed by atoms with E-state index in [1.54, 1.807) is 0 Å². The summed E-state index contributed by atoms with van der Waals surface area (Å²) in [6.45, 7) is 17.8. The molecule has 0 aromatic heterocycles. The molecule has 0 heterocycles. The van der Waals surface area contributed by atoms with Crippen LogP contribution < -0.4 is 0 Å². The molecule has 0 unspecified atom stereocenters. The van der Waals surface area contributed by atoms with Gasteiger partial charge in [0, 0.05) is 16.7 Å². The Hall–Kier alpha value is -3.97. The standard InChI is InChI=1S/C44H49F/c1-9-18-31-19-10-12-22-34(31)38-28-39(36-24-16-17-26-40(36)44(6,7)8)43(45)42(35-23-13-11-20-32(35)27-29(2)3)41(38)37-25-15-14-21-33(37)30(4)5/h10-17,19-26,28-30H,9,18,27H2,1-8H3. The van der Waals surface area contributed by atoms with Gasteiger partial charge in [-0.25, -0.2) is 4.39 Å². The molecule has 0 aliphatic carbocycles. The van der Waals surface area contributed by atoms with Crippen LogP contribution in [0.3, 0.4) is 0 Å². The van der Waals surface area contributed by atoms with Crippen LogP contribution in [0, 0.1) is 11.7 Å². The van der Waals surface area contributed by atoms with Gasteiger partial charge in [0.1, 0.15) is 5.82 Å². The van der Waals surface area contributed by atoms with Crippen molar-refractivity contribution in [1.82, 2.24) is 0 Å². The molecular formula is C44H49F. The Labute approximate surface area is 271 Å². The molecule has 0 fully saturated rings. The molecule has 5 rings (SSSR count). The van der Waals surface area contributed by atoms with Gasteiger partial charge in [-0.1, -0.05) is 159 Å². The molecule has 1 heteroatoms. The van der Waals surface area contributed by atoms with Crippen molar-refractivity contribution >= 4 is 0 Å². The molecule has 0 aliphatic heterocycles. The zero-order valence-corrected chi connectivity index (χ0v) is 28.5. The number of benzene rings is 5. The number of hydrogen-bond acceptors (Lipinski definition) is 0. The Kier molecular flexibility index (Phi) is 9.78. The second kappa shape index (κ2) is 13.6. The molecule has 232 valence electrons.